The van der Waals surface area contributed by atoms with Crippen LogP contribution in [0.2, 0.25) is 0 Å². The highest BCUT2D eigenvalue weighted by Crippen LogP contribution is 2.37. The van der Waals surface area contributed by atoms with Crippen molar-refractivity contribution in [2.75, 3.05) is 14.2 Å². The van der Waals surface area contributed by atoms with Crippen LogP contribution in [-0.2, 0) is 18.9 Å². The molecule has 2 radical (unpaired) electrons. The van der Waals surface area contributed by atoms with Gasteiger partial charge in [-0.3, -0.25) is 14.5 Å². The molecule has 0 aliphatic carbocycles. The highest BCUT2D eigenvalue weighted by molar-refractivity contribution is 6.76. The van der Waals surface area contributed by atoms with Gasteiger partial charge in [-0.2, -0.15) is 5.10 Å². The van der Waals surface area contributed by atoms with Crippen LogP contribution in [-0.4, -0.2) is 54.9 Å². The standard InChI is InChI=1S/C24H20B2F2N4O2/c1-31-12-18-19(26(28)24(31,25)23-14(13-33)5-4-6-29-23)8-16(9-20(18)27)15-7-17-11-32(2)30-22(17)21(10-15)34-3/h4-11,13H,12H2,1-3H3. The molecule has 0 bridgehead atoms. The summed E-state index contributed by atoms with van der Waals surface area (Å²) in [4.78, 5) is 17.3. The average molecular weight is 456 g/mol. The Hall–Kier alpha value is -3.52. The number of pyridine rings is 1. The van der Waals surface area contributed by atoms with Crippen molar-refractivity contribution in [2.24, 2.45) is 7.05 Å². The van der Waals surface area contributed by atoms with Gasteiger partial charge in [0.25, 0.3) is 0 Å². The van der Waals surface area contributed by atoms with E-state index in [4.69, 9.17) is 12.6 Å². The molecular weight excluding hydrogens is 436 g/mol. The number of rotatable bonds is 4. The number of aldehydes is 1. The second-order valence-corrected chi connectivity index (χ2v) is 8.55. The molecule has 1 aliphatic heterocycles. The van der Waals surface area contributed by atoms with Crippen molar-refractivity contribution < 1.29 is 18.2 Å². The lowest BCUT2D eigenvalue weighted by atomic mass is 9.36. The van der Waals surface area contributed by atoms with Crippen molar-refractivity contribution in [1.82, 2.24) is 19.7 Å². The Morgan fingerprint density at radius 2 is 2.00 bits per heavy atom. The van der Waals surface area contributed by atoms with Gasteiger partial charge < -0.3 is 14.0 Å². The number of methoxy groups -OCH3 is 1. The van der Waals surface area contributed by atoms with Gasteiger partial charge in [0.2, 0.25) is 0 Å². The largest absolute Gasteiger partial charge is 0.494 e. The fourth-order valence-electron chi connectivity index (χ4n) is 4.71. The van der Waals surface area contributed by atoms with E-state index in [-0.39, 0.29) is 28.8 Å². The van der Waals surface area contributed by atoms with E-state index in [9.17, 15) is 4.79 Å². The number of aromatic nitrogens is 3. The van der Waals surface area contributed by atoms with Crippen molar-refractivity contribution in [2.45, 2.75) is 11.9 Å². The summed E-state index contributed by atoms with van der Waals surface area (Å²) in [5.74, 6) is -0.00836. The number of fused-ring (bicyclic) bond motifs is 2. The maximum absolute atomic E-state index is 16.2. The molecule has 168 valence electrons. The Balaban J connectivity index is 1.68. The Morgan fingerprint density at radius 1 is 1.24 bits per heavy atom. The SMILES string of the molecule is [B]C1(c2ncccc2C=O)B(F)c2cc(-c3cc(OC)c4nn(C)cc4c3)cc(F)c2CN1C. The van der Waals surface area contributed by atoms with E-state index in [1.165, 1.54) is 30.3 Å². The van der Waals surface area contributed by atoms with Gasteiger partial charge in [-0.15, -0.1) is 0 Å². The number of carbonyl (C=O) groups excluding carboxylic acids is 1. The molecule has 10 heteroatoms. The van der Waals surface area contributed by atoms with E-state index < -0.39 is 18.1 Å². The summed E-state index contributed by atoms with van der Waals surface area (Å²) in [6.45, 7) is -1.79. The summed E-state index contributed by atoms with van der Waals surface area (Å²) in [6.07, 6.45) is 3.88. The number of nitrogens with zero attached hydrogens (tertiary/aromatic N) is 4. The van der Waals surface area contributed by atoms with Gasteiger partial charge in [0.15, 0.2) is 6.29 Å². The number of halogens is 2. The van der Waals surface area contributed by atoms with Gasteiger partial charge in [-0.25, -0.2) is 4.39 Å². The van der Waals surface area contributed by atoms with Crippen molar-refractivity contribution in [3.63, 3.8) is 0 Å². The van der Waals surface area contributed by atoms with Crippen LogP contribution in [0.4, 0.5) is 8.71 Å². The average Bonchev–Trinajstić information content (AvgIpc) is 3.22. The molecule has 6 nitrogen and oxygen atoms in total. The van der Waals surface area contributed by atoms with Crippen molar-refractivity contribution in [1.29, 1.82) is 0 Å². The highest BCUT2D eigenvalue weighted by Gasteiger charge is 2.51. The van der Waals surface area contributed by atoms with Gasteiger partial charge >= 0.3 is 6.99 Å². The Kier molecular flexibility index (Phi) is 5.28. The van der Waals surface area contributed by atoms with Crippen LogP contribution < -0.4 is 10.2 Å². The highest BCUT2D eigenvalue weighted by atomic mass is 19.1. The van der Waals surface area contributed by atoms with Gasteiger partial charge in [0, 0.05) is 42.3 Å². The van der Waals surface area contributed by atoms with Crippen LogP contribution in [0.5, 0.6) is 5.75 Å². The van der Waals surface area contributed by atoms with E-state index in [1.807, 2.05) is 12.3 Å². The van der Waals surface area contributed by atoms with Gasteiger partial charge in [0.1, 0.15) is 17.1 Å². The van der Waals surface area contributed by atoms with Crippen LogP contribution in [0.25, 0.3) is 22.0 Å². The maximum atomic E-state index is 16.2. The van der Waals surface area contributed by atoms with E-state index in [1.54, 1.807) is 37.0 Å². The van der Waals surface area contributed by atoms with Crippen LogP contribution >= 0.6 is 0 Å². The topological polar surface area (TPSA) is 60.2 Å². The normalized spacial score (nSPS) is 18.2. The molecule has 2 aromatic heterocycles. The fourth-order valence-corrected chi connectivity index (χ4v) is 4.71. The van der Waals surface area contributed by atoms with Crippen LogP contribution in [0, 0.1) is 5.82 Å². The molecule has 1 aliphatic rings. The molecule has 1 unspecified atom stereocenters. The van der Waals surface area contributed by atoms with Crippen LogP contribution in [0.3, 0.4) is 0 Å². The molecule has 4 aromatic rings. The summed E-state index contributed by atoms with van der Waals surface area (Å²) in [5.41, 5.74) is 2.45. The third-order valence-corrected chi connectivity index (χ3v) is 6.50. The predicted octanol–water partition coefficient (Wildman–Crippen LogP) is 2.77. The van der Waals surface area contributed by atoms with Crippen LogP contribution in [0.15, 0.2) is 48.8 Å². The van der Waals surface area contributed by atoms with Gasteiger partial charge in [-0.05, 0) is 59.5 Å². The molecule has 0 amide bonds. The molecular formula is C24H20B2F2N4O2. The lowest BCUT2D eigenvalue weighted by Crippen LogP contribution is -2.63. The minimum absolute atomic E-state index is 0.0538. The first-order chi connectivity index (χ1) is 16.3. The van der Waals surface area contributed by atoms with E-state index in [2.05, 4.69) is 10.1 Å². The second kappa shape index (κ2) is 8.06. The first-order valence-electron chi connectivity index (χ1n) is 10.7. The second-order valence-electron chi connectivity index (χ2n) is 8.55. The first-order valence-corrected chi connectivity index (χ1v) is 10.7. The predicted molar refractivity (Wildman–Crippen MR) is 128 cm³/mol. The lowest BCUT2D eigenvalue weighted by Gasteiger charge is -2.45. The quantitative estimate of drug-likeness (QED) is 0.350. The zero-order chi connectivity index (χ0) is 24.2. The molecule has 2 aromatic carbocycles. The zero-order valence-electron chi connectivity index (χ0n) is 18.9. The van der Waals surface area contributed by atoms with Crippen molar-refractivity contribution >= 4 is 37.5 Å². The summed E-state index contributed by atoms with van der Waals surface area (Å²) in [7, 11) is 11.5. The smallest absolute Gasteiger partial charge is 0.398 e. The molecule has 0 N–H and O–H groups in total. The van der Waals surface area contributed by atoms with Gasteiger partial charge in [-0.1, -0.05) is 6.07 Å². The lowest BCUT2D eigenvalue weighted by molar-refractivity contribution is 0.111. The molecule has 3 heterocycles. The summed E-state index contributed by atoms with van der Waals surface area (Å²) in [6, 6.07) is 9.72. The molecule has 5 rings (SSSR count). The Bertz CT molecular complexity index is 1440. The molecule has 0 saturated heterocycles. The minimum Gasteiger partial charge on any atom is -0.494 e. The van der Waals surface area contributed by atoms with E-state index in [0.717, 1.165) is 5.39 Å². The number of benzene rings is 2. The summed E-state index contributed by atoms with van der Waals surface area (Å²) < 4.78 is 38.7. The number of hydrogen-bond donors (Lipinski definition) is 0. The third kappa shape index (κ3) is 3.24. The monoisotopic (exact) mass is 456 g/mol. The molecule has 34 heavy (non-hydrogen) atoms. The number of hydrogen-bond acceptors (Lipinski definition) is 5. The number of aryl methyl sites for hydroxylation is 1. The maximum Gasteiger partial charge on any atom is 0.398 e. The molecule has 0 spiro atoms. The van der Waals surface area contributed by atoms with Crippen LogP contribution in [0.1, 0.15) is 21.6 Å². The molecule has 1 atom stereocenters. The first kappa shape index (κ1) is 22.3. The minimum atomic E-state index is -1.84. The van der Waals surface area contributed by atoms with E-state index in [0.29, 0.717) is 28.7 Å². The van der Waals surface area contributed by atoms with E-state index >= 15 is 8.71 Å². The van der Waals surface area contributed by atoms with Crippen molar-refractivity contribution in [3.05, 3.63) is 71.4 Å². The third-order valence-electron chi connectivity index (χ3n) is 6.50. The van der Waals surface area contributed by atoms with Gasteiger partial charge in [0.05, 0.1) is 20.7 Å². The fraction of sp³-hybridized carbons (Fsp3) is 0.208. The number of carbonyl (C=O) groups is 1. The summed E-state index contributed by atoms with van der Waals surface area (Å²) in [5, 5.41) is 3.46. The molecule has 0 saturated carbocycles. The zero-order valence-corrected chi connectivity index (χ0v) is 18.9. The summed E-state index contributed by atoms with van der Waals surface area (Å²) >= 11 is 0. The Labute approximate surface area is 197 Å². The number of ether oxygens (including phenoxy) is 1. The Morgan fingerprint density at radius 3 is 2.74 bits per heavy atom. The van der Waals surface area contributed by atoms with Crippen molar-refractivity contribution in [3.8, 4) is 16.9 Å². The molecule has 0 fully saturated rings.